The van der Waals surface area contributed by atoms with E-state index in [1.807, 2.05) is 0 Å². The van der Waals surface area contributed by atoms with Gasteiger partial charge in [0.1, 0.15) is 6.54 Å². The number of carboxylic acids is 1. The number of carbonyl (C=O) groups excluding carboxylic acids is 1. The predicted molar refractivity (Wildman–Crippen MR) is 67.8 cm³/mol. The molecule has 0 aromatic heterocycles. The standard InChI is InChI=1S/C5H14NO.C4H9NO2.2ClH/c1-6(2,3)4-5-7;5-3-1-2-4(6)7;;/h7H,4-5H2,1-3H3;1-3,5H2,(H,6,7);2*1H/q+1;;;/p-1. The summed E-state index contributed by atoms with van der Waals surface area (Å²) in [6.45, 7) is 1.54. The summed E-state index contributed by atoms with van der Waals surface area (Å²) in [6, 6.07) is 0. The molecule has 102 valence electrons. The van der Waals surface area contributed by atoms with E-state index in [2.05, 4.69) is 21.1 Å². The number of quaternary nitrogens is 1. The molecule has 0 radical (unpaired) electrons. The van der Waals surface area contributed by atoms with Crippen LogP contribution in [0.25, 0.3) is 0 Å². The number of rotatable bonds is 5. The van der Waals surface area contributed by atoms with Gasteiger partial charge in [0, 0.05) is 5.97 Å². The third kappa shape index (κ3) is 37.0. The van der Waals surface area contributed by atoms with Gasteiger partial charge in [0.05, 0.1) is 27.7 Å². The third-order valence-corrected chi connectivity index (χ3v) is 1.36. The van der Waals surface area contributed by atoms with Crippen LogP contribution in [0.1, 0.15) is 12.8 Å². The highest BCUT2D eigenvalue weighted by Gasteiger charge is 2.02. The molecule has 0 fully saturated rings. The Labute approximate surface area is 110 Å². The summed E-state index contributed by atoms with van der Waals surface area (Å²) in [7, 11) is 6.16. The van der Waals surface area contributed by atoms with Gasteiger partial charge in [-0.3, -0.25) is 0 Å². The number of aliphatic hydroxyl groups excluding tert-OH is 1. The van der Waals surface area contributed by atoms with Gasteiger partial charge in [-0.1, -0.05) is 0 Å². The monoisotopic (exact) mass is 278 g/mol. The van der Waals surface area contributed by atoms with Crippen molar-refractivity contribution in [3.63, 3.8) is 0 Å². The minimum Gasteiger partial charge on any atom is -0.550 e. The first-order valence-corrected chi connectivity index (χ1v) is 4.64. The normalized spacial score (nSPS) is 9.06. The Balaban J connectivity index is -0.0000000800. The number of halogens is 2. The van der Waals surface area contributed by atoms with E-state index in [1.54, 1.807) is 0 Å². The highest BCUT2D eigenvalue weighted by molar-refractivity contribution is 5.85. The number of aliphatic hydroxyl groups is 1. The van der Waals surface area contributed by atoms with Crippen LogP contribution in [0.5, 0.6) is 0 Å². The number of nitrogens with two attached hydrogens (primary N) is 1. The maximum Gasteiger partial charge on any atom is 0.101 e. The van der Waals surface area contributed by atoms with Gasteiger partial charge in [-0.25, -0.2) is 0 Å². The first kappa shape index (κ1) is 24.9. The summed E-state index contributed by atoms with van der Waals surface area (Å²) in [4.78, 5) is 9.59. The molecule has 0 aromatic carbocycles. The van der Waals surface area contributed by atoms with Gasteiger partial charge in [-0.15, -0.1) is 24.8 Å². The van der Waals surface area contributed by atoms with Crippen molar-refractivity contribution in [1.82, 2.24) is 0 Å². The average molecular weight is 279 g/mol. The fourth-order valence-corrected chi connectivity index (χ4v) is 0.546. The molecule has 0 heterocycles. The van der Waals surface area contributed by atoms with Crippen LogP contribution in [-0.4, -0.2) is 56.4 Å². The largest absolute Gasteiger partial charge is 0.550 e. The number of hydrogen-bond donors (Lipinski definition) is 2. The molecular formula is C9H24Cl2N2O3. The van der Waals surface area contributed by atoms with Gasteiger partial charge < -0.3 is 25.2 Å². The highest BCUT2D eigenvalue weighted by atomic mass is 35.5. The molecule has 0 aromatic rings. The van der Waals surface area contributed by atoms with Gasteiger partial charge in [-0.05, 0) is 19.4 Å². The van der Waals surface area contributed by atoms with Crippen molar-refractivity contribution in [2.24, 2.45) is 5.73 Å². The van der Waals surface area contributed by atoms with E-state index in [4.69, 9.17) is 10.8 Å². The Morgan fingerprint density at radius 2 is 1.75 bits per heavy atom. The fraction of sp³-hybridized carbons (Fsp3) is 0.889. The summed E-state index contributed by atoms with van der Waals surface area (Å²) < 4.78 is 0.844. The van der Waals surface area contributed by atoms with Crippen molar-refractivity contribution in [2.45, 2.75) is 12.8 Å². The van der Waals surface area contributed by atoms with Crippen LogP contribution in [0.15, 0.2) is 0 Å². The number of hydrogen-bond acceptors (Lipinski definition) is 4. The molecule has 0 aliphatic carbocycles. The molecule has 5 nitrogen and oxygen atoms in total. The van der Waals surface area contributed by atoms with E-state index < -0.39 is 5.97 Å². The maximum absolute atomic E-state index is 9.59. The van der Waals surface area contributed by atoms with Crippen molar-refractivity contribution in [2.75, 3.05) is 40.8 Å². The molecule has 3 N–H and O–H groups in total. The quantitative estimate of drug-likeness (QED) is 0.632. The van der Waals surface area contributed by atoms with Crippen LogP contribution >= 0.6 is 24.8 Å². The van der Waals surface area contributed by atoms with Gasteiger partial charge in [0.2, 0.25) is 0 Å². The molecule has 0 rings (SSSR count). The Kier molecular flexibility index (Phi) is 23.3. The van der Waals surface area contributed by atoms with E-state index in [0.29, 0.717) is 13.0 Å². The zero-order valence-corrected chi connectivity index (χ0v) is 11.8. The van der Waals surface area contributed by atoms with E-state index in [9.17, 15) is 9.90 Å². The number of aliphatic carboxylic acids is 1. The molecule has 16 heavy (non-hydrogen) atoms. The van der Waals surface area contributed by atoms with E-state index >= 15 is 0 Å². The van der Waals surface area contributed by atoms with Crippen LogP contribution < -0.4 is 10.8 Å². The lowest BCUT2D eigenvalue weighted by Gasteiger charge is -2.21. The molecule has 0 saturated carbocycles. The van der Waals surface area contributed by atoms with Crippen LogP contribution in [0.4, 0.5) is 0 Å². The van der Waals surface area contributed by atoms with Crippen LogP contribution in [-0.2, 0) is 4.79 Å². The SMILES string of the molecule is C[N+](C)(C)CCO.Cl.Cl.NCCCC(=O)[O-]. The second kappa shape index (κ2) is 14.9. The molecule has 0 aliphatic rings. The Morgan fingerprint density at radius 1 is 1.31 bits per heavy atom. The highest BCUT2D eigenvalue weighted by Crippen LogP contribution is 1.84. The van der Waals surface area contributed by atoms with Crippen LogP contribution in [0.2, 0.25) is 0 Å². The van der Waals surface area contributed by atoms with Crippen LogP contribution in [0.3, 0.4) is 0 Å². The van der Waals surface area contributed by atoms with Crippen LogP contribution in [0, 0.1) is 0 Å². The van der Waals surface area contributed by atoms with Crippen molar-refractivity contribution >= 4 is 30.8 Å². The Bertz CT molecular complexity index is 152. The molecular weight excluding hydrogens is 255 g/mol. The van der Waals surface area contributed by atoms with Crippen molar-refractivity contribution in [3.8, 4) is 0 Å². The number of carboxylic acid groups (broad SMARTS) is 1. The zero-order chi connectivity index (χ0) is 11.6. The first-order valence-electron chi connectivity index (χ1n) is 4.64. The molecule has 0 spiro atoms. The molecule has 7 heteroatoms. The first-order chi connectivity index (χ1) is 6.33. The lowest BCUT2D eigenvalue weighted by Crippen LogP contribution is -2.36. The Hall–Kier alpha value is -0.0700. The summed E-state index contributed by atoms with van der Waals surface area (Å²) in [6.07, 6.45) is 0.596. The van der Waals surface area contributed by atoms with Gasteiger partial charge in [0.15, 0.2) is 0 Å². The second-order valence-electron chi connectivity index (χ2n) is 4.00. The summed E-state index contributed by atoms with van der Waals surface area (Å²) in [5.74, 6) is -1.02. The summed E-state index contributed by atoms with van der Waals surface area (Å²) >= 11 is 0. The lowest BCUT2D eigenvalue weighted by molar-refractivity contribution is -0.870. The van der Waals surface area contributed by atoms with Gasteiger partial charge in [0.25, 0.3) is 0 Å². The molecule has 0 amide bonds. The third-order valence-electron chi connectivity index (χ3n) is 1.36. The number of likely N-dealkylation sites (N-methyl/N-ethyl adjacent to an activating group) is 1. The number of nitrogens with zero attached hydrogens (tertiary/aromatic N) is 1. The number of carbonyl (C=O) groups is 1. The Morgan fingerprint density at radius 3 is 1.81 bits per heavy atom. The molecule has 0 unspecified atom stereocenters. The summed E-state index contributed by atoms with van der Waals surface area (Å²) in [5, 5.41) is 18.0. The smallest absolute Gasteiger partial charge is 0.101 e. The molecule has 0 saturated heterocycles. The van der Waals surface area contributed by atoms with E-state index in [1.165, 1.54) is 0 Å². The van der Waals surface area contributed by atoms with Crippen molar-refractivity contribution < 1.29 is 19.5 Å². The minimum atomic E-state index is -1.02. The zero-order valence-electron chi connectivity index (χ0n) is 10.1. The second-order valence-corrected chi connectivity index (χ2v) is 4.00. The molecule has 0 atom stereocenters. The van der Waals surface area contributed by atoms with E-state index in [0.717, 1.165) is 11.0 Å². The minimum absolute atomic E-state index is 0. The van der Waals surface area contributed by atoms with Crippen molar-refractivity contribution in [1.29, 1.82) is 0 Å². The summed E-state index contributed by atoms with van der Waals surface area (Å²) in [5.41, 5.74) is 4.99. The maximum atomic E-state index is 9.59. The predicted octanol–water partition coefficient (Wildman–Crippen LogP) is -0.996. The lowest BCUT2D eigenvalue weighted by atomic mass is 10.3. The fourth-order valence-electron chi connectivity index (χ4n) is 0.546. The average Bonchev–Trinajstić information content (AvgIpc) is 1.99. The topological polar surface area (TPSA) is 86.4 Å². The van der Waals surface area contributed by atoms with E-state index in [-0.39, 0.29) is 37.8 Å². The van der Waals surface area contributed by atoms with Crippen molar-refractivity contribution in [3.05, 3.63) is 0 Å². The molecule has 0 bridgehead atoms. The van der Waals surface area contributed by atoms with Gasteiger partial charge in [-0.2, -0.15) is 0 Å². The van der Waals surface area contributed by atoms with Gasteiger partial charge >= 0.3 is 0 Å². The molecule has 0 aliphatic heterocycles.